The molecule has 1 aromatic carbocycles. The van der Waals surface area contributed by atoms with Crippen LogP contribution in [0.5, 0.6) is 0 Å². The van der Waals surface area contributed by atoms with Crippen LogP contribution < -0.4 is 10.6 Å². The number of carbonyl (C=O) groups excluding carboxylic acids is 1. The topological polar surface area (TPSA) is 44.4 Å². The standard InChI is InChI=1S/C16H25N3O/c1-12-6-4-7-13(2)15(12)18-16(20)14(3)19-10-5-8-17-9-11-19/h4,6-7,14,17H,5,8-11H2,1-3H3,(H,18,20)/t14-/m0/s1. The Morgan fingerprint density at radius 2 is 1.95 bits per heavy atom. The normalized spacial score (nSPS) is 18.4. The maximum absolute atomic E-state index is 12.5. The lowest BCUT2D eigenvalue weighted by molar-refractivity contribution is -0.120. The van der Waals surface area contributed by atoms with Gasteiger partial charge in [0, 0.05) is 25.3 Å². The van der Waals surface area contributed by atoms with Gasteiger partial charge >= 0.3 is 0 Å². The molecule has 0 saturated carbocycles. The van der Waals surface area contributed by atoms with Gasteiger partial charge in [-0.2, -0.15) is 0 Å². The van der Waals surface area contributed by atoms with E-state index < -0.39 is 0 Å². The summed E-state index contributed by atoms with van der Waals surface area (Å²) in [5.74, 6) is 0.0873. The number of hydrogen-bond donors (Lipinski definition) is 2. The zero-order chi connectivity index (χ0) is 14.5. The maximum Gasteiger partial charge on any atom is 0.241 e. The van der Waals surface area contributed by atoms with Gasteiger partial charge < -0.3 is 10.6 Å². The Hall–Kier alpha value is -1.39. The number of hydrogen-bond acceptors (Lipinski definition) is 3. The van der Waals surface area contributed by atoms with Gasteiger partial charge in [-0.15, -0.1) is 0 Å². The fourth-order valence-electron chi connectivity index (χ4n) is 2.66. The van der Waals surface area contributed by atoms with Crippen molar-refractivity contribution in [1.29, 1.82) is 0 Å². The summed E-state index contributed by atoms with van der Waals surface area (Å²) in [6.07, 6.45) is 1.10. The molecule has 0 spiro atoms. The minimum absolute atomic E-state index is 0.0873. The van der Waals surface area contributed by atoms with Gasteiger partial charge in [-0.1, -0.05) is 18.2 Å². The average Bonchev–Trinajstić information content (AvgIpc) is 2.71. The second kappa shape index (κ2) is 6.86. The molecule has 0 bridgehead atoms. The maximum atomic E-state index is 12.5. The lowest BCUT2D eigenvalue weighted by atomic mass is 10.1. The van der Waals surface area contributed by atoms with Crippen molar-refractivity contribution in [2.45, 2.75) is 33.2 Å². The largest absolute Gasteiger partial charge is 0.324 e. The number of aryl methyl sites for hydroxylation is 2. The Morgan fingerprint density at radius 3 is 2.65 bits per heavy atom. The van der Waals surface area contributed by atoms with Gasteiger partial charge in [0.05, 0.1) is 6.04 Å². The molecule has 20 heavy (non-hydrogen) atoms. The van der Waals surface area contributed by atoms with Crippen molar-refractivity contribution in [2.24, 2.45) is 0 Å². The molecule has 1 saturated heterocycles. The molecule has 0 aromatic heterocycles. The highest BCUT2D eigenvalue weighted by molar-refractivity contribution is 5.95. The van der Waals surface area contributed by atoms with E-state index in [9.17, 15) is 4.79 Å². The molecule has 0 radical (unpaired) electrons. The summed E-state index contributed by atoms with van der Waals surface area (Å²) in [5.41, 5.74) is 3.18. The van der Waals surface area contributed by atoms with E-state index in [4.69, 9.17) is 0 Å². The van der Waals surface area contributed by atoms with E-state index in [-0.39, 0.29) is 11.9 Å². The number of carbonyl (C=O) groups is 1. The molecular formula is C16H25N3O. The van der Waals surface area contributed by atoms with Crippen molar-refractivity contribution >= 4 is 11.6 Å². The van der Waals surface area contributed by atoms with Crippen molar-refractivity contribution in [3.63, 3.8) is 0 Å². The number of nitrogens with zero attached hydrogens (tertiary/aromatic N) is 1. The SMILES string of the molecule is Cc1cccc(C)c1NC(=O)[C@H](C)N1CCCNCC1. The van der Waals surface area contributed by atoms with Crippen LogP contribution >= 0.6 is 0 Å². The van der Waals surface area contributed by atoms with Gasteiger partial charge in [0.15, 0.2) is 0 Å². The molecule has 1 atom stereocenters. The van der Waals surface area contributed by atoms with Crippen LogP contribution in [-0.4, -0.2) is 43.0 Å². The van der Waals surface area contributed by atoms with Crippen LogP contribution in [0, 0.1) is 13.8 Å². The van der Waals surface area contributed by atoms with Gasteiger partial charge in [-0.25, -0.2) is 0 Å². The molecule has 0 aliphatic carbocycles. The summed E-state index contributed by atoms with van der Waals surface area (Å²) in [4.78, 5) is 14.7. The summed E-state index contributed by atoms with van der Waals surface area (Å²) in [5, 5.41) is 6.46. The van der Waals surface area contributed by atoms with Gasteiger partial charge in [0.25, 0.3) is 0 Å². The van der Waals surface area contributed by atoms with Crippen LogP contribution in [0.4, 0.5) is 5.69 Å². The molecule has 1 aromatic rings. The number of nitrogens with one attached hydrogen (secondary N) is 2. The Bertz CT molecular complexity index is 445. The Morgan fingerprint density at radius 1 is 1.25 bits per heavy atom. The number of amides is 1. The molecule has 4 heteroatoms. The average molecular weight is 275 g/mol. The van der Waals surface area contributed by atoms with Gasteiger partial charge in [-0.05, 0) is 44.9 Å². The molecule has 4 nitrogen and oxygen atoms in total. The van der Waals surface area contributed by atoms with Crippen LogP contribution in [0.25, 0.3) is 0 Å². The molecule has 0 unspecified atom stereocenters. The molecule has 110 valence electrons. The van der Waals surface area contributed by atoms with E-state index in [1.807, 2.05) is 39.0 Å². The molecule has 1 heterocycles. The van der Waals surface area contributed by atoms with Crippen molar-refractivity contribution in [2.75, 3.05) is 31.5 Å². The number of anilines is 1. The fourth-order valence-corrected chi connectivity index (χ4v) is 2.66. The smallest absolute Gasteiger partial charge is 0.241 e. The first-order valence-electron chi connectivity index (χ1n) is 7.41. The zero-order valence-corrected chi connectivity index (χ0v) is 12.7. The lowest BCUT2D eigenvalue weighted by Gasteiger charge is -2.26. The predicted octanol–water partition coefficient (Wildman–Crippen LogP) is 1.93. The second-order valence-electron chi connectivity index (χ2n) is 5.57. The first-order valence-corrected chi connectivity index (χ1v) is 7.41. The quantitative estimate of drug-likeness (QED) is 0.886. The molecule has 1 fully saturated rings. The van der Waals surface area contributed by atoms with Crippen LogP contribution in [0.2, 0.25) is 0 Å². The van der Waals surface area contributed by atoms with Crippen LogP contribution in [-0.2, 0) is 4.79 Å². The van der Waals surface area contributed by atoms with Crippen LogP contribution in [0.3, 0.4) is 0 Å². The summed E-state index contributed by atoms with van der Waals surface area (Å²) in [6.45, 7) is 9.97. The van der Waals surface area contributed by atoms with Crippen molar-refractivity contribution in [3.05, 3.63) is 29.3 Å². The Kier molecular flexibility index (Phi) is 5.15. The summed E-state index contributed by atoms with van der Waals surface area (Å²) < 4.78 is 0. The van der Waals surface area contributed by atoms with E-state index in [1.165, 1.54) is 0 Å². The van der Waals surface area contributed by atoms with Crippen LogP contribution in [0.1, 0.15) is 24.5 Å². The second-order valence-corrected chi connectivity index (χ2v) is 5.57. The summed E-state index contributed by atoms with van der Waals surface area (Å²) in [7, 11) is 0. The Labute approximate surface area is 121 Å². The fraction of sp³-hybridized carbons (Fsp3) is 0.562. The molecule has 2 rings (SSSR count). The monoisotopic (exact) mass is 275 g/mol. The van der Waals surface area contributed by atoms with E-state index in [1.54, 1.807) is 0 Å². The highest BCUT2D eigenvalue weighted by atomic mass is 16.2. The van der Waals surface area contributed by atoms with Gasteiger partial charge in [0.2, 0.25) is 5.91 Å². The van der Waals surface area contributed by atoms with Crippen LogP contribution in [0.15, 0.2) is 18.2 Å². The summed E-state index contributed by atoms with van der Waals surface area (Å²) >= 11 is 0. The number of para-hydroxylation sites is 1. The molecule has 1 aliphatic rings. The third kappa shape index (κ3) is 3.58. The van der Waals surface area contributed by atoms with Gasteiger partial charge in [0.1, 0.15) is 0 Å². The minimum Gasteiger partial charge on any atom is -0.324 e. The molecule has 2 N–H and O–H groups in total. The number of benzene rings is 1. The molecule has 1 aliphatic heterocycles. The third-order valence-electron chi connectivity index (χ3n) is 4.03. The summed E-state index contributed by atoms with van der Waals surface area (Å²) in [6, 6.07) is 5.99. The Balaban J connectivity index is 2.03. The van der Waals surface area contributed by atoms with E-state index >= 15 is 0 Å². The number of rotatable bonds is 3. The first kappa shape index (κ1) is 15.0. The highest BCUT2D eigenvalue weighted by Crippen LogP contribution is 2.20. The van der Waals surface area contributed by atoms with E-state index in [0.717, 1.165) is 49.4 Å². The van der Waals surface area contributed by atoms with Crippen molar-refractivity contribution in [1.82, 2.24) is 10.2 Å². The van der Waals surface area contributed by atoms with Crippen molar-refractivity contribution in [3.8, 4) is 0 Å². The van der Waals surface area contributed by atoms with Gasteiger partial charge in [-0.3, -0.25) is 9.69 Å². The predicted molar refractivity (Wildman–Crippen MR) is 83.1 cm³/mol. The molecule has 1 amide bonds. The minimum atomic E-state index is -0.0890. The van der Waals surface area contributed by atoms with Crippen molar-refractivity contribution < 1.29 is 4.79 Å². The lowest BCUT2D eigenvalue weighted by Crippen LogP contribution is -2.43. The highest BCUT2D eigenvalue weighted by Gasteiger charge is 2.22. The third-order valence-corrected chi connectivity index (χ3v) is 4.03. The van der Waals surface area contributed by atoms with E-state index in [0.29, 0.717) is 0 Å². The first-order chi connectivity index (χ1) is 9.59. The van der Waals surface area contributed by atoms with E-state index in [2.05, 4.69) is 15.5 Å². The zero-order valence-electron chi connectivity index (χ0n) is 12.7. The molecular weight excluding hydrogens is 250 g/mol.